The number of aromatic nitrogens is 1. The Morgan fingerprint density at radius 3 is 2.79 bits per heavy atom. The van der Waals surface area contributed by atoms with E-state index in [1.807, 2.05) is 24.3 Å². The van der Waals surface area contributed by atoms with Crippen molar-refractivity contribution in [2.24, 2.45) is 0 Å². The van der Waals surface area contributed by atoms with E-state index in [0.717, 1.165) is 15.8 Å². The summed E-state index contributed by atoms with van der Waals surface area (Å²) in [5, 5.41) is 0.646. The van der Waals surface area contributed by atoms with Crippen molar-refractivity contribution in [3.8, 4) is 5.75 Å². The fourth-order valence-corrected chi connectivity index (χ4v) is 4.05. The zero-order valence-corrected chi connectivity index (χ0v) is 16.7. The summed E-state index contributed by atoms with van der Waals surface area (Å²) < 4.78 is 11.8. The van der Waals surface area contributed by atoms with E-state index < -0.39 is 0 Å². The van der Waals surface area contributed by atoms with E-state index in [-0.39, 0.29) is 5.91 Å². The van der Waals surface area contributed by atoms with Gasteiger partial charge in [-0.3, -0.25) is 9.69 Å². The van der Waals surface area contributed by atoms with E-state index in [2.05, 4.69) is 26.0 Å². The molecule has 0 aliphatic rings. The minimum Gasteiger partial charge on any atom is -0.497 e. The van der Waals surface area contributed by atoms with Crippen molar-refractivity contribution < 1.29 is 13.9 Å². The number of rotatable bonds is 5. The highest BCUT2D eigenvalue weighted by Crippen LogP contribution is 2.33. The summed E-state index contributed by atoms with van der Waals surface area (Å²) in [6.45, 7) is 4.43. The first kappa shape index (κ1) is 18.3. The standard InChI is InChI=1S/C22H20N2O3S/c1-14-9-10-19-20(15(14)2)23-22(28-19)24(13-18-8-5-11-27-18)21(25)16-6-4-7-17(12-16)26-3/h4-12H,13H2,1-3H3. The molecular weight excluding hydrogens is 372 g/mol. The minimum atomic E-state index is -0.149. The molecule has 2 aromatic carbocycles. The number of nitrogens with zero attached hydrogens (tertiary/aromatic N) is 2. The van der Waals surface area contributed by atoms with Crippen LogP contribution < -0.4 is 9.64 Å². The van der Waals surface area contributed by atoms with Crippen molar-refractivity contribution in [3.05, 3.63) is 77.2 Å². The number of carbonyl (C=O) groups excluding carboxylic acids is 1. The van der Waals surface area contributed by atoms with E-state index in [1.54, 1.807) is 30.4 Å². The molecule has 6 heteroatoms. The van der Waals surface area contributed by atoms with Gasteiger partial charge in [0.1, 0.15) is 11.5 Å². The van der Waals surface area contributed by atoms with Crippen LogP contribution in [0.4, 0.5) is 5.13 Å². The lowest BCUT2D eigenvalue weighted by molar-refractivity contribution is 0.0983. The van der Waals surface area contributed by atoms with Gasteiger partial charge in [0, 0.05) is 5.56 Å². The molecular formula is C22H20N2O3S. The van der Waals surface area contributed by atoms with Crippen molar-refractivity contribution in [2.75, 3.05) is 12.0 Å². The van der Waals surface area contributed by atoms with Gasteiger partial charge in [-0.05, 0) is 61.4 Å². The van der Waals surface area contributed by atoms with Crippen LogP contribution in [-0.2, 0) is 6.54 Å². The van der Waals surface area contributed by atoms with Crippen LogP contribution in [0, 0.1) is 13.8 Å². The van der Waals surface area contributed by atoms with Gasteiger partial charge >= 0.3 is 0 Å². The first-order valence-electron chi connectivity index (χ1n) is 8.92. The third-order valence-electron chi connectivity index (χ3n) is 4.76. The van der Waals surface area contributed by atoms with Gasteiger partial charge in [-0.1, -0.05) is 23.5 Å². The molecule has 0 unspecified atom stereocenters. The lowest BCUT2D eigenvalue weighted by Crippen LogP contribution is -2.30. The van der Waals surface area contributed by atoms with Crippen LogP contribution >= 0.6 is 11.3 Å². The first-order valence-corrected chi connectivity index (χ1v) is 9.73. The van der Waals surface area contributed by atoms with Crippen molar-refractivity contribution >= 4 is 32.6 Å². The van der Waals surface area contributed by atoms with E-state index >= 15 is 0 Å². The number of aryl methyl sites for hydroxylation is 2. The zero-order chi connectivity index (χ0) is 19.7. The van der Waals surface area contributed by atoms with E-state index in [0.29, 0.717) is 28.7 Å². The Kier molecular flexibility index (Phi) is 4.88. The van der Waals surface area contributed by atoms with Crippen molar-refractivity contribution in [1.29, 1.82) is 0 Å². The molecule has 0 fully saturated rings. The second kappa shape index (κ2) is 7.48. The molecule has 0 aliphatic carbocycles. The monoisotopic (exact) mass is 392 g/mol. The van der Waals surface area contributed by atoms with E-state index in [4.69, 9.17) is 14.1 Å². The zero-order valence-electron chi connectivity index (χ0n) is 15.9. The lowest BCUT2D eigenvalue weighted by atomic mass is 10.1. The lowest BCUT2D eigenvalue weighted by Gasteiger charge is -2.19. The molecule has 0 spiro atoms. The topological polar surface area (TPSA) is 55.6 Å². The van der Waals surface area contributed by atoms with Crippen LogP contribution in [0.3, 0.4) is 0 Å². The number of methoxy groups -OCH3 is 1. The molecule has 142 valence electrons. The molecule has 2 aromatic heterocycles. The van der Waals surface area contributed by atoms with Crippen LogP contribution in [0.1, 0.15) is 27.2 Å². The van der Waals surface area contributed by atoms with Gasteiger partial charge in [-0.25, -0.2) is 4.98 Å². The van der Waals surface area contributed by atoms with E-state index in [9.17, 15) is 4.79 Å². The van der Waals surface area contributed by atoms with Gasteiger partial charge in [0.2, 0.25) is 0 Å². The van der Waals surface area contributed by atoms with Gasteiger partial charge in [0.15, 0.2) is 5.13 Å². The molecule has 0 saturated heterocycles. The Hall–Kier alpha value is -3.12. The van der Waals surface area contributed by atoms with Gasteiger partial charge in [0.25, 0.3) is 5.91 Å². The number of hydrogen-bond acceptors (Lipinski definition) is 5. The molecule has 4 rings (SSSR count). The smallest absolute Gasteiger partial charge is 0.260 e. The van der Waals surface area contributed by atoms with Gasteiger partial charge in [-0.15, -0.1) is 0 Å². The maximum absolute atomic E-state index is 13.4. The predicted octanol–water partition coefficient (Wildman–Crippen LogP) is 5.36. The number of ether oxygens (including phenoxy) is 1. The van der Waals surface area contributed by atoms with Crippen molar-refractivity contribution in [1.82, 2.24) is 4.98 Å². The van der Waals surface area contributed by atoms with Gasteiger partial charge in [-0.2, -0.15) is 0 Å². The minimum absolute atomic E-state index is 0.149. The Labute approximate surface area is 167 Å². The highest BCUT2D eigenvalue weighted by molar-refractivity contribution is 7.22. The molecule has 5 nitrogen and oxygen atoms in total. The molecule has 2 heterocycles. The highest BCUT2D eigenvalue weighted by atomic mass is 32.1. The third-order valence-corrected chi connectivity index (χ3v) is 5.80. The number of anilines is 1. The largest absolute Gasteiger partial charge is 0.497 e. The first-order chi connectivity index (χ1) is 13.6. The molecule has 28 heavy (non-hydrogen) atoms. The second-order valence-electron chi connectivity index (χ2n) is 6.55. The van der Waals surface area contributed by atoms with Crippen LogP contribution in [0.5, 0.6) is 5.75 Å². The molecule has 1 amide bonds. The molecule has 0 N–H and O–H groups in total. The Morgan fingerprint density at radius 1 is 1.18 bits per heavy atom. The maximum atomic E-state index is 13.4. The third kappa shape index (κ3) is 3.39. The fraction of sp³-hybridized carbons (Fsp3) is 0.182. The number of thiazole rings is 1. The number of furan rings is 1. The second-order valence-corrected chi connectivity index (χ2v) is 7.56. The number of hydrogen-bond donors (Lipinski definition) is 0. The maximum Gasteiger partial charge on any atom is 0.260 e. The quantitative estimate of drug-likeness (QED) is 0.459. The van der Waals surface area contributed by atoms with E-state index in [1.165, 1.54) is 16.9 Å². The number of benzene rings is 2. The van der Waals surface area contributed by atoms with Crippen LogP contribution in [0.15, 0.2) is 59.2 Å². The highest BCUT2D eigenvalue weighted by Gasteiger charge is 2.23. The molecule has 0 atom stereocenters. The van der Waals surface area contributed by atoms with Crippen LogP contribution in [0.25, 0.3) is 10.2 Å². The normalized spacial score (nSPS) is 11.0. The molecule has 0 saturated carbocycles. The van der Waals surface area contributed by atoms with Crippen molar-refractivity contribution in [2.45, 2.75) is 20.4 Å². The van der Waals surface area contributed by atoms with Gasteiger partial charge < -0.3 is 9.15 Å². The predicted molar refractivity (Wildman–Crippen MR) is 111 cm³/mol. The summed E-state index contributed by atoms with van der Waals surface area (Å²) in [6, 6.07) is 15.0. The summed E-state index contributed by atoms with van der Waals surface area (Å²) in [5.74, 6) is 1.19. The number of amides is 1. The van der Waals surface area contributed by atoms with Crippen LogP contribution in [0.2, 0.25) is 0 Å². The Balaban J connectivity index is 1.79. The molecule has 0 aliphatic heterocycles. The number of carbonyl (C=O) groups is 1. The number of fused-ring (bicyclic) bond motifs is 1. The fourth-order valence-electron chi connectivity index (χ4n) is 3.03. The SMILES string of the molecule is COc1cccc(C(=O)N(Cc2ccco2)c2nc3c(C)c(C)ccc3s2)c1. The van der Waals surface area contributed by atoms with Gasteiger partial charge in [0.05, 0.1) is 30.1 Å². The van der Waals surface area contributed by atoms with Crippen LogP contribution in [-0.4, -0.2) is 18.0 Å². The van der Waals surface area contributed by atoms with Crippen molar-refractivity contribution in [3.63, 3.8) is 0 Å². The Bertz CT molecular complexity index is 1130. The average Bonchev–Trinajstić information content (AvgIpc) is 3.38. The average molecular weight is 392 g/mol. The summed E-state index contributed by atoms with van der Waals surface area (Å²) in [4.78, 5) is 19.8. The molecule has 0 radical (unpaired) electrons. The summed E-state index contributed by atoms with van der Waals surface area (Å²) in [5.41, 5.74) is 3.79. The summed E-state index contributed by atoms with van der Waals surface area (Å²) in [6.07, 6.45) is 1.61. The summed E-state index contributed by atoms with van der Waals surface area (Å²) in [7, 11) is 1.59. The summed E-state index contributed by atoms with van der Waals surface area (Å²) >= 11 is 1.50. The Morgan fingerprint density at radius 2 is 2.04 bits per heavy atom. The molecule has 4 aromatic rings. The molecule has 0 bridgehead atoms.